The Morgan fingerprint density at radius 3 is 2.43 bits per heavy atom. The van der Waals surface area contributed by atoms with E-state index in [0.717, 1.165) is 11.3 Å². The molecule has 21 heavy (non-hydrogen) atoms. The molecule has 0 aliphatic carbocycles. The molecular formula is C18H20N2O. The average molecular weight is 280 g/mol. The number of nitrogens with one attached hydrogen (secondary N) is 1. The van der Waals surface area contributed by atoms with Crippen molar-refractivity contribution in [1.29, 1.82) is 0 Å². The first-order valence-corrected chi connectivity index (χ1v) is 7.31. The van der Waals surface area contributed by atoms with E-state index >= 15 is 0 Å². The summed E-state index contributed by atoms with van der Waals surface area (Å²) in [6, 6.07) is 12.7. The number of para-hydroxylation sites is 1. The molecule has 3 nitrogen and oxygen atoms in total. The molecule has 2 heterocycles. The molecule has 3 aromatic rings. The van der Waals surface area contributed by atoms with Crippen LogP contribution in [0.2, 0.25) is 0 Å². The largest absolute Gasteiger partial charge is 0.459 e. The van der Waals surface area contributed by atoms with Crippen molar-refractivity contribution in [2.24, 2.45) is 0 Å². The second-order valence-corrected chi connectivity index (χ2v) is 5.48. The molecule has 0 spiro atoms. The van der Waals surface area contributed by atoms with Crippen molar-refractivity contribution < 1.29 is 4.42 Å². The zero-order valence-electron chi connectivity index (χ0n) is 12.6. The summed E-state index contributed by atoms with van der Waals surface area (Å²) in [6.45, 7) is 6.42. The van der Waals surface area contributed by atoms with E-state index in [1.54, 1.807) is 0 Å². The highest BCUT2D eigenvalue weighted by molar-refractivity contribution is 5.82. The smallest absolute Gasteiger partial charge is 0.134 e. The van der Waals surface area contributed by atoms with E-state index in [0.29, 0.717) is 0 Å². The van der Waals surface area contributed by atoms with Crippen LogP contribution in [0.4, 0.5) is 0 Å². The first kappa shape index (κ1) is 13.8. The lowest BCUT2D eigenvalue weighted by Crippen LogP contribution is -2.22. The van der Waals surface area contributed by atoms with E-state index in [1.807, 2.05) is 42.7 Å². The number of benzene rings is 1. The van der Waals surface area contributed by atoms with E-state index in [1.165, 1.54) is 16.5 Å². The van der Waals surface area contributed by atoms with Gasteiger partial charge in [0, 0.05) is 23.8 Å². The molecule has 0 saturated carbocycles. The third-order valence-corrected chi connectivity index (χ3v) is 3.98. The molecular weight excluding hydrogens is 260 g/mol. The van der Waals surface area contributed by atoms with E-state index in [-0.39, 0.29) is 12.1 Å². The highest BCUT2D eigenvalue weighted by Crippen LogP contribution is 2.30. The molecule has 1 N–H and O–H groups in total. The summed E-state index contributed by atoms with van der Waals surface area (Å²) in [5.74, 6) is 1.01. The normalized spacial score (nSPS) is 14.2. The zero-order valence-corrected chi connectivity index (χ0v) is 12.6. The first-order chi connectivity index (χ1) is 10.2. The summed E-state index contributed by atoms with van der Waals surface area (Å²) >= 11 is 0. The third kappa shape index (κ3) is 2.69. The molecule has 0 saturated heterocycles. The topological polar surface area (TPSA) is 38.1 Å². The number of hydrogen-bond acceptors (Lipinski definition) is 3. The maximum Gasteiger partial charge on any atom is 0.134 e. The molecule has 0 radical (unpaired) electrons. The van der Waals surface area contributed by atoms with Crippen molar-refractivity contribution in [2.45, 2.75) is 32.9 Å². The van der Waals surface area contributed by atoms with Crippen molar-refractivity contribution in [3.63, 3.8) is 0 Å². The molecule has 2 atom stereocenters. The van der Waals surface area contributed by atoms with Gasteiger partial charge in [0.1, 0.15) is 11.3 Å². The van der Waals surface area contributed by atoms with Crippen LogP contribution in [-0.4, -0.2) is 4.98 Å². The summed E-state index contributed by atoms with van der Waals surface area (Å²) in [7, 11) is 0. The van der Waals surface area contributed by atoms with Gasteiger partial charge in [0.15, 0.2) is 0 Å². The van der Waals surface area contributed by atoms with Gasteiger partial charge in [0.05, 0.1) is 6.04 Å². The number of rotatable bonds is 4. The maximum atomic E-state index is 6.02. The van der Waals surface area contributed by atoms with Gasteiger partial charge in [-0.3, -0.25) is 4.98 Å². The van der Waals surface area contributed by atoms with Crippen molar-refractivity contribution in [1.82, 2.24) is 10.3 Å². The Hall–Kier alpha value is -2.13. The fourth-order valence-electron chi connectivity index (χ4n) is 2.81. The fraction of sp³-hybridized carbons (Fsp3) is 0.278. The van der Waals surface area contributed by atoms with Gasteiger partial charge in [-0.15, -0.1) is 0 Å². The van der Waals surface area contributed by atoms with Gasteiger partial charge in [0.2, 0.25) is 0 Å². The summed E-state index contributed by atoms with van der Waals surface area (Å²) < 4.78 is 6.02. The third-order valence-electron chi connectivity index (χ3n) is 3.98. The summed E-state index contributed by atoms with van der Waals surface area (Å²) in [5.41, 5.74) is 3.40. The quantitative estimate of drug-likeness (QED) is 0.762. The molecule has 3 rings (SSSR count). The number of aryl methyl sites for hydroxylation is 1. The molecule has 1 unspecified atom stereocenters. The molecule has 2 aromatic heterocycles. The lowest BCUT2D eigenvalue weighted by molar-refractivity contribution is 0.414. The minimum absolute atomic E-state index is 0.153. The van der Waals surface area contributed by atoms with Crippen LogP contribution in [0.1, 0.15) is 42.8 Å². The molecule has 0 bridgehead atoms. The Labute approximate surface area is 125 Å². The van der Waals surface area contributed by atoms with Crippen LogP contribution >= 0.6 is 0 Å². The number of aromatic nitrogens is 1. The van der Waals surface area contributed by atoms with E-state index in [2.05, 4.69) is 37.1 Å². The van der Waals surface area contributed by atoms with Gasteiger partial charge in [0.25, 0.3) is 0 Å². The van der Waals surface area contributed by atoms with Crippen molar-refractivity contribution in [3.05, 3.63) is 65.7 Å². The van der Waals surface area contributed by atoms with Crippen LogP contribution < -0.4 is 5.32 Å². The number of nitrogens with zero attached hydrogens (tertiary/aromatic N) is 1. The maximum absolute atomic E-state index is 6.02. The monoisotopic (exact) mass is 280 g/mol. The Kier molecular flexibility index (Phi) is 3.76. The second kappa shape index (κ2) is 5.70. The molecule has 0 amide bonds. The molecule has 108 valence electrons. The van der Waals surface area contributed by atoms with Crippen LogP contribution in [0.5, 0.6) is 0 Å². The minimum Gasteiger partial charge on any atom is -0.459 e. The highest BCUT2D eigenvalue weighted by atomic mass is 16.3. The van der Waals surface area contributed by atoms with Gasteiger partial charge >= 0.3 is 0 Å². The number of fused-ring (bicyclic) bond motifs is 1. The lowest BCUT2D eigenvalue weighted by atomic mass is 10.1. The van der Waals surface area contributed by atoms with Gasteiger partial charge in [-0.1, -0.05) is 18.2 Å². The molecule has 1 aromatic carbocycles. The minimum atomic E-state index is 0.153. The van der Waals surface area contributed by atoms with Crippen molar-refractivity contribution in [2.75, 3.05) is 0 Å². The Morgan fingerprint density at radius 1 is 1.00 bits per heavy atom. The zero-order chi connectivity index (χ0) is 14.8. The average Bonchev–Trinajstić information content (AvgIpc) is 2.86. The standard InChI is InChI=1S/C18H20N2O/c1-12-16-6-4-5-7-17(16)21-18(12)14(3)20-13(2)15-8-10-19-11-9-15/h4-11,13-14,20H,1-3H3/t13-,14?/m0/s1. The van der Waals surface area contributed by atoms with E-state index < -0.39 is 0 Å². The van der Waals surface area contributed by atoms with Crippen LogP contribution in [-0.2, 0) is 0 Å². The number of hydrogen-bond donors (Lipinski definition) is 1. The summed E-state index contributed by atoms with van der Waals surface area (Å²) in [6.07, 6.45) is 3.65. The SMILES string of the molecule is Cc1c(C(C)N[C@@H](C)c2ccncc2)oc2ccccc12. The van der Waals surface area contributed by atoms with Crippen LogP contribution in [0, 0.1) is 6.92 Å². The Morgan fingerprint density at radius 2 is 1.71 bits per heavy atom. The predicted octanol–water partition coefficient (Wildman–Crippen LogP) is 4.55. The number of pyridine rings is 1. The Bertz CT molecular complexity index is 733. The van der Waals surface area contributed by atoms with Crippen LogP contribution in [0.25, 0.3) is 11.0 Å². The lowest BCUT2D eigenvalue weighted by Gasteiger charge is -2.19. The molecule has 0 aliphatic heterocycles. The molecule has 0 fully saturated rings. The highest BCUT2D eigenvalue weighted by Gasteiger charge is 2.18. The van der Waals surface area contributed by atoms with Gasteiger partial charge in [-0.05, 0) is 50.1 Å². The summed E-state index contributed by atoms with van der Waals surface area (Å²) in [4.78, 5) is 4.06. The molecule has 3 heteroatoms. The van der Waals surface area contributed by atoms with Crippen molar-refractivity contribution >= 4 is 11.0 Å². The van der Waals surface area contributed by atoms with Gasteiger partial charge in [-0.25, -0.2) is 0 Å². The van der Waals surface area contributed by atoms with Crippen molar-refractivity contribution in [3.8, 4) is 0 Å². The Balaban J connectivity index is 1.84. The van der Waals surface area contributed by atoms with Gasteiger partial charge < -0.3 is 9.73 Å². The van der Waals surface area contributed by atoms with Crippen LogP contribution in [0.3, 0.4) is 0 Å². The molecule has 0 aliphatic rings. The summed E-state index contributed by atoms with van der Waals surface area (Å²) in [5, 5.41) is 4.79. The van der Waals surface area contributed by atoms with Gasteiger partial charge in [-0.2, -0.15) is 0 Å². The first-order valence-electron chi connectivity index (χ1n) is 7.31. The second-order valence-electron chi connectivity index (χ2n) is 5.48. The van der Waals surface area contributed by atoms with E-state index in [9.17, 15) is 0 Å². The fourth-order valence-corrected chi connectivity index (χ4v) is 2.81. The van der Waals surface area contributed by atoms with E-state index in [4.69, 9.17) is 4.42 Å². The van der Waals surface area contributed by atoms with Crippen LogP contribution in [0.15, 0.2) is 53.2 Å². The number of furan rings is 1. The predicted molar refractivity (Wildman–Crippen MR) is 85.2 cm³/mol.